The van der Waals surface area contributed by atoms with Gasteiger partial charge in [-0.2, -0.15) is 10.5 Å². The van der Waals surface area contributed by atoms with Crippen molar-refractivity contribution in [3.63, 3.8) is 0 Å². The fraction of sp³-hybridized carbons (Fsp3) is 0.0909. The Balaban J connectivity index is 2.25. The predicted molar refractivity (Wildman–Crippen MR) is 110 cm³/mol. The number of aromatic nitrogens is 1. The molecular weight excluding hydrogens is 386 g/mol. The summed E-state index contributed by atoms with van der Waals surface area (Å²) in [5.41, 5.74) is 2.26. The average molecular weight is 401 g/mol. The van der Waals surface area contributed by atoms with E-state index in [4.69, 9.17) is 0 Å². The van der Waals surface area contributed by atoms with Gasteiger partial charge in [0.2, 0.25) is 0 Å². The van der Waals surface area contributed by atoms with E-state index in [9.17, 15) is 20.1 Å². The van der Waals surface area contributed by atoms with Gasteiger partial charge in [0.25, 0.3) is 5.56 Å². The number of nitrogens with zero attached hydrogens (tertiary/aromatic N) is 3. The Bertz CT molecular complexity index is 1320. The van der Waals surface area contributed by atoms with Crippen LogP contribution in [0.25, 0.3) is 17.3 Å². The Hall–Kier alpha value is -3.94. The molecule has 0 spiro atoms. The van der Waals surface area contributed by atoms with E-state index in [1.54, 1.807) is 42.5 Å². The molecule has 0 atom stereocenters. The number of thiazole rings is 1. The Morgan fingerprint density at radius 3 is 2.24 bits per heavy atom. The fourth-order valence-corrected chi connectivity index (χ4v) is 3.74. The van der Waals surface area contributed by atoms with Crippen molar-refractivity contribution >= 4 is 29.0 Å². The van der Waals surface area contributed by atoms with Crippen LogP contribution in [0.3, 0.4) is 0 Å². The quantitative estimate of drug-likeness (QED) is 0.626. The lowest BCUT2D eigenvalue weighted by Crippen LogP contribution is -2.30. The molecule has 3 rings (SSSR count). The summed E-state index contributed by atoms with van der Waals surface area (Å²) in [6.07, 6.45) is 1.66. The fourth-order valence-electron chi connectivity index (χ4n) is 2.68. The Morgan fingerprint density at radius 2 is 1.69 bits per heavy atom. The van der Waals surface area contributed by atoms with Gasteiger partial charge in [-0.25, -0.2) is 4.79 Å². The smallest absolute Gasteiger partial charge is 0.337 e. The first kappa shape index (κ1) is 19.8. The van der Waals surface area contributed by atoms with Gasteiger partial charge in [0.1, 0.15) is 16.8 Å². The zero-order valence-electron chi connectivity index (χ0n) is 15.7. The highest BCUT2D eigenvalue weighted by molar-refractivity contribution is 7.07. The van der Waals surface area contributed by atoms with Gasteiger partial charge in [-0.15, -0.1) is 11.3 Å². The predicted octanol–water partition coefficient (Wildman–Crippen LogP) is 2.02. The van der Waals surface area contributed by atoms with E-state index in [2.05, 4.69) is 4.74 Å². The third-order valence-corrected chi connectivity index (χ3v) is 5.28. The van der Waals surface area contributed by atoms with Gasteiger partial charge in [0, 0.05) is 0 Å². The summed E-state index contributed by atoms with van der Waals surface area (Å²) in [5, 5.41) is 18.6. The van der Waals surface area contributed by atoms with Crippen LogP contribution < -0.4 is 14.8 Å². The second-order valence-corrected chi connectivity index (χ2v) is 7.13. The molecule has 142 valence electrons. The van der Waals surface area contributed by atoms with Crippen LogP contribution in [0.4, 0.5) is 0 Å². The lowest BCUT2D eigenvalue weighted by Gasteiger charge is -2.02. The Labute approximate surface area is 170 Å². The molecule has 3 aromatic rings. The molecular formula is C22H15N3O3S. The molecule has 0 saturated carbocycles. The highest BCUT2D eigenvalue weighted by Gasteiger charge is 2.11. The number of methoxy groups -OCH3 is 1. The summed E-state index contributed by atoms with van der Waals surface area (Å²) in [7, 11) is 1.31. The van der Waals surface area contributed by atoms with Crippen LogP contribution >= 0.6 is 11.3 Å². The van der Waals surface area contributed by atoms with Crippen LogP contribution in [-0.2, 0) is 4.74 Å². The normalized spacial score (nSPS) is 10.8. The molecule has 2 aromatic carbocycles. The first-order valence-electron chi connectivity index (χ1n) is 8.52. The average Bonchev–Trinajstić information content (AvgIpc) is 3.05. The van der Waals surface area contributed by atoms with Gasteiger partial charge < -0.3 is 4.74 Å². The zero-order valence-corrected chi connectivity index (χ0v) is 16.5. The van der Waals surface area contributed by atoms with Crippen LogP contribution in [0.5, 0.6) is 0 Å². The number of hydrogen-bond acceptors (Lipinski definition) is 6. The number of hydrogen-bond donors (Lipinski definition) is 0. The van der Waals surface area contributed by atoms with E-state index in [1.807, 2.05) is 31.2 Å². The maximum absolute atomic E-state index is 13.1. The number of carbonyl (C=O) groups is 1. The first-order valence-corrected chi connectivity index (χ1v) is 9.33. The van der Waals surface area contributed by atoms with E-state index in [-0.39, 0.29) is 15.8 Å². The van der Waals surface area contributed by atoms with E-state index in [1.165, 1.54) is 11.7 Å². The molecule has 29 heavy (non-hydrogen) atoms. The minimum Gasteiger partial charge on any atom is -0.465 e. The minimum absolute atomic E-state index is 0.131. The summed E-state index contributed by atoms with van der Waals surface area (Å²) in [5.74, 6) is -0.445. The first-order chi connectivity index (χ1) is 14.0. The van der Waals surface area contributed by atoms with Crippen molar-refractivity contribution in [2.24, 2.45) is 0 Å². The van der Waals surface area contributed by atoms with Crippen LogP contribution in [0.1, 0.15) is 21.5 Å². The molecule has 0 N–H and O–H groups in total. The van der Waals surface area contributed by atoms with Crippen molar-refractivity contribution < 1.29 is 9.53 Å². The van der Waals surface area contributed by atoms with Crippen LogP contribution in [0.15, 0.2) is 53.3 Å². The molecule has 0 bridgehead atoms. The number of rotatable bonds is 3. The molecule has 0 saturated heterocycles. The van der Waals surface area contributed by atoms with Crippen molar-refractivity contribution in [2.45, 2.75) is 6.92 Å². The van der Waals surface area contributed by atoms with Crippen molar-refractivity contribution in [3.05, 3.63) is 84.8 Å². The second-order valence-electron chi connectivity index (χ2n) is 6.10. The summed E-state index contributed by atoms with van der Waals surface area (Å²) >= 11 is 1.07. The van der Waals surface area contributed by atoms with E-state index >= 15 is 0 Å². The molecule has 0 unspecified atom stereocenters. The van der Waals surface area contributed by atoms with E-state index < -0.39 is 5.97 Å². The third-order valence-electron chi connectivity index (χ3n) is 4.18. The largest absolute Gasteiger partial charge is 0.465 e. The lowest BCUT2D eigenvalue weighted by atomic mass is 10.1. The van der Waals surface area contributed by atoms with Gasteiger partial charge in [0.15, 0.2) is 5.57 Å². The lowest BCUT2D eigenvalue weighted by molar-refractivity contribution is 0.0600. The third kappa shape index (κ3) is 4.01. The summed E-state index contributed by atoms with van der Waals surface area (Å²) in [6, 6.07) is 17.6. The molecule has 7 heteroatoms. The molecule has 1 aromatic heterocycles. The standard InChI is InChI=1S/C22H15N3O3S/c1-14-3-9-18(10-4-14)25-20(26)19(29-21(25)17(12-23)13-24)11-15-5-7-16(8-6-15)22(27)28-2/h3-11H,1-2H3/b19-11-. The molecule has 0 aliphatic carbocycles. The number of nitriles is 2. The maximum Gasteiger partial charge on any atom is 0.337 e. The molecule has 1 heterocycles. The highest BCUT2D eigenvalue weighted by Crippen LogP contribution is 2.08. The maximum atomic E-state index is 13.1. The van der Waals surface area contributed by atoms with Crippen molar-refractivity contribution in [2.75, 3.05) is 7.11 Å². The number of carbonyl (C=O) groups excluding carboxylic acids is 1. The van der Waals surface area contributed by atoms with E-state index in [0.717, 1.165) is 16.9 Å². The van der Waals surface area contributed by atoms with Gasteiger partial charge in [-0.05, 0) is 42.8 Å². The van der Waals surface area contributed by atoms with Crippen molar-refractivity contribution in [3.8, 4) is 17.8 Å². The summed E-state index contributed by atoms with van der Waals surface area (Å²) < 4.78 is 6.70. The Kier molecular flexibility index (Phi) is 5.73. The van der Waals surface area contributed by atoms with Gasteiger partial charge in [-0.3, -0.25) is 9.36 Å². The summed E-state index contributed by atoms with van der Waals surface area (Å²) in [4.78, 5) is 24.6. The van der Waals surface area contributed by atoms with Crippen molar-refractivity contribution in [1.82, 2.24) is 4.57 Å². The van der Waals surface area contributed by atoms with Crippen LogP contribution in [-0.4, -0.2) is 17.6 Å². The summed E-state index contributed by atoms with van der Waals surface area (Å²) in [6.45, 7) is 1.93. The van der Waals surface area contributed by atoms with Crippen LogP contribution in [0, 0.1) is 29.6 Å². The topological polar surface area (TPSA) is 95.9 Å². The van der Waals surface area contributed by atoms with Crippen molar-refractivity contribution in [1.29, 1.82) is 10.5 Å². The molecule has 0 fully saturated rings. The number of esters is 1. The Morgan fingerprint density at radius 1 is 1.07 bits per heavy atom. The second kappa shape index (κ2) is 8.39. The SMILES string of the molecule is COC(=O)c1ccc(/C=c2\sc(=C(C#N)C#N)n(-c3ccc(C)cc3)c2=O)cc1. The van der Waals surface area contributed by atoms with E-state index in [0.29, 0.717) is 21.3 Å². The molecule has 0 radical (unpaired) electrons. The molecule has 0 amide bonds. The molecule has 6 nitrogen and oxygen atoms in total. The number of ether oxygens (including phenoxy) is 1. The van der Waals surface area contributed by atoms with Gasteiger partial charge >= 0.3 is 5.97 Å². The molecule has 0 aliphatic rings. The van der Waals surface area contributed by atoms with Gasteiger partial charge in [0.05, 0.1) is 22.9 Å². The highest BCUT2D eigenvalue weighted by atomic mass is 32.1. The number of benzene rings is 2. The minimum atomic E-state index is -0.445. The zero-order chi connectivity index (χ0) is 21.0. The molecule has 0 aliphatic heterocycles. The number of aryl methyl sites for hydroxylation is 1. The monoisotopic (exact) mass is 401 g/mol. The van der Waals surface area contributed by atoms with Gasteiger partial charge in [-0.1, -0.05) is 29.8 Å². The van der Waals surface area contributed by atoms with Crippen LogP contribution in [0.2, 0.25) is 0 Å².